The Balaban J connectivity index is 1.07. The predicted molar refractivity (Wildman–Crippen MR) is 214 cm³/mol. The number of allylic oxidation sites excluding steroid dienone is 4. The standard InChI is InChI=1S/C43H64N2O10S2/c46-18-24-5-1-4-23(12-24)13-25-14-30-36(49)28-7-2-8-31-35(28)38(51)42(30,33(48)15-25)21-56-57-22-45-34-16-29-26(17-44-34)9-10-27-6-3-11-41(27,29)20-43(53)37(50)32(19-47)55-40(54-31)39(43)52/h14-15,23-24,26-32,34-35,37,39-40,44-48,50,52-53H,1-13,16-22H2/p+1/t23?,24?,26?,27-,28?,29?,30-,31?,32+,34?,35?,37+,39-,40+,41+,42-,43+/m0/s1. The molecule has 9 rings (SSSR count). The summed E-state index contributed by atoms with van der Waals surface area (Å²) in [5, 5.41) is 75.5. The Hall–Kier alpha value is -1.04. The quantitative estimate of drug-likeness (QED) is 0.193. The zero-order valence-corrected chi connectivity index (χ0v) is 34.7. The molecular weight excluding hydrogens is 769 g/mol. The minimum atomic E-state index is -2.04. The van der Waals surface area contributed by atoms with E-state index >= 15 is 4.79 Å². The number of carbonyl (C=O) groups excluding carboxylic acids is 2. The molecule has 3 aliphatic heterocycles. The number of aliphatic hydroxyl groups excluding tert-OH is 5. The summed E-state index contributed by atoms with van der Waals surface area (Å²) in [7, 11) is 3.12. The van der Waals surface area contributed by atoms with E-state index in [4.69, 9.17) is 9.47 Å². The highest BCUT2D eigenvalue weighted by Crippen LogP contribution is 2.63. The zero-order chi connectivity index (χ0) is 39.7. The molecule has 8 unspecified atom stereocenters. The number of rotatable bonds is 4. The highest BCUT2D eigenvalue weighted by molar-refractivity contribution is 8.76. The number of aliphatic hydroxyl groups is 6. The van der Waals surface area contributed by atoms with Gasteiger partial charge in [-0.3, -0.25) is 14.9 Å². The lowest BCUT2D eigenvalue weighted by Crippen LogP contribution is -2.97. The Morgan fingerprint density at radius 2 is 1.74 bits per heavy atom. The van der Waals surface area contributed by atoms with Gasteiger partial charge in [-0.15, -0.1) is 0 Å². The van der Waals surface area contributed by atoms with Crippen LogP contribution in [0.15, 0.2) is 23.5 Å². The maximum absolute atomic E-state index is 15.3. The fraction of sp³-hybridized carbons (Fsp3) is 0.860. The van der Waals surface area contributed by atoms with Gasteiger partial charge in [0.05, 0.1) is 37.0 Å². The van der Waals surface area contributed by atoms with Crippen LogP contribution in [0.4, 0.5) is 0 Å². The van der Waals surface area contributed by atoms with Crippen LogP contribution in [0.3, 0.4) is 0 Å². The van der Waals surface area contributed by atoms with E-state index in [0.717, 1.165) is 76.3 Å². The second-order valence-corrected chi connectivity index (χ2v) is 22.1. The van der Waals surface area contributed by atoms with Crippen molar-refractivity contribution in [3.8, 4) is 0 Å². The normalized spacial score (nSPS) is 50.4. The molecule has 0 aromatic heterocycles. The summed E-state index contributed by atoms with van der Waals surface area (Å²) >= 11 is 0. The molecule has 3 saturated heterocycles. The van der Waals surface area contributed by atoms with E-state index in [1.54, 1.807) is 16.9 Å². The van der Waals surface area contributed by atoms with Crippen molar-refractivity contribution >= 4 is 33.2 Å². The molecule has 0 aromatic rings. The Morgan fingerprint density at radius 3 is 2.56 bits per heavy atom. The number of ether oxygens (including phenoxy) is 2. The molecule has 17 atom stereocenters. The first kappa shape index (κ1) is 41.3. The third-order valence-corrected chi connectivity index (χ3v) is 19.1. The van der Waals surface area contributed by atoms with Crippen LogP contribution in [0, 0.1) is 58.2 Å². The highest BCUT2D eigenvalue weighted by Gasteiger charge is 2.67. The summed E-state index contributed by atoms with van der Waals surface area (Å²) in [6, 6.07) is 0. The number of Topliss-reactive ketones (excluding diaryl/α,β-unsaturated/α-hetero) is 2. The molecule has 5 saturated carbocycles. The molecule has 318 valence electrons. The number of hydrogen-bond donors (Lipinski definition) is 8. The first-order valence-electron chi connectivity index (χ1n) is 22.1. The first-order valence-corrected chi connectivity index (χ1v) is 24.6. The largest absolute Gasteiger partial charge is 0.511 e. The third-order valence-electron chi connectivity index (χ3n) is 16.9. The fourth-order valence-electron chi connectivity index (χ4n) is 14.1. The molecule has 6 bridgehead atoms. The van der Waals surface area contributed by atoms with Gasteiger partial charge in [0, 0.05) is 30.6 Å². The van der Waals surface area contributed by atoms with Gasteiger partial charge >= 0.3 is 0 Å². The molecule has 8 fully saturated rings. The second-order valence-electron chi connectivity index (χ2n) is 19.6. The van der Waals surface area contributed by atoms with E-state index < -0.39 is 66.1 Å². The van der Waals surface area contributed by atoms with Crippen molar-refractivity contribution in [2.24, 2.45) is 58.2 Å². The van der Waals surface area contributed by atoms with Crippen molar-refractivity contribution in [2.45, 2.75) is 139 Å². The molecule has 0 radical (unpaired) electrons. The summed E-state index contributed by atoms with van der Waals surface area (Å²) in [6.07, 6.45) is 9.41. The van der Waals surface area contributed by atoms with Gasteiger partial charge in [0.15, 0.2) is 12.1 Å². The maximum Gasteiger partial charge on any atom is 0.187 e. The van der Waals surface area contributed by atoms with Crippen LogP contribution in [0.25, 0.3) is 0 Å². The summed E-state index contributed by atoms with van der Waals surface area (Å²) in [5.74, 6) is -0.293. The molecule has 3 heterocycles. The smallest absolute Gasteiger partial charge is 0.187 e. The summed E-state index contributed by atoms with van der Waals surface area (Å²) in [4.78, 5) is 30.2. The van der Waals surface area contributed by atoms with Crippen molar-refractivity contribution in [1.82, 2.24) is 5.32 Å². The number of piperidine rings is 1. The van der Waals surface area contributed by atoms with Crippen molar-refractivity contribution in [3.63, 3.8) is 0 Å². The number of carbonyl (C=O) groups is 2. The number of fused-ring (bicyclic) bond motifs is 3. The van der Waals surface area contributed by atoms with E-state index in [-0.39, 0.29) is 59.5 Å². The second kappa shape index (κ2) is 16.3. The maximum atomic E-state index is 15.3. The number of quaternary nitrogens is 1. The van der Waals surface area contributed by atoms with E-state index in [1.165, 1.54) is 10.8 Å². The number of hydrogen-bond acceptors (Lipinski definition) is 13. The van der Waals surface area contributed by atoms with Crippen molar-refractivity contribution in [3.05, 3.63) is 23.5 Å². The van der Waals surface area contributed by atoms with Crippen LogP contribution in [0.2, 0.25) is 0 Å². The molecule has 14 heteroatoms. The molecule has 9 aliphatic rings. The van der Waals surface area contributed by atoms with Gasteiger partial charge in [0.1, 0.15) is 47.0 Å². The number of ketones is 2. The van der Waals surface area contributed by atoms with Crippen LogP contribution in [-0.2, 0) is 19.1 Å². The van der Waals surface area contributed by atoms with Gasteiger partial charge in [0.25, 0.3) is 0 Å². The van der Waals surface area contributed by atoms with Crippen LogP contribution < -0.4 is 10.6 Å². The molecule has 2 spiro atoms. The minimum absolute atomic E-state index is 0.0774. The third kappa shape index (κ3) is 6.95. The van der Waals surface area contributed by atoms with Gasteiger partial charge in [-0.1, -0.05) is 53.3 Å². The van der Waals surface area contributed by atoms with Crippen molar-refractivity contribution in [1.29, 1.82) is 0 Å². The number of nitrogens with two attached hydrogens (primary N) is 1. The van der Waals surface area contributed by atoms with Gasteiger partial charge in [-0.2, -0.15) is 0 Å². The zero-order valence-electron chi connectivity index (χ0n) is 33.1. The molecule has 0 amide bonds. The van der Waals surface area contributed by atoms with Crippen LogP contribution in [0.1, 0.15) is 96.3 Å². The molecule has 12 nitrogen and oxygen atoms in total. The van der Waals surface area contributed by atoms with Gasteiger partial charge in [0.2, 0.25) is 0 Å². The summed E-state index contributed by atoms with van der Waals surface area (Å²) in [5.41, 5.74) is -2.97. The van der Waals surface area contributed by atoms with E-state index in [9.17, 15) is 35.4 Å². The predicted octanol–water partition coefficient (Wildman–Crippen LogP) is 2.72. The minimum Gasteiger partial charge on any atom is -0.511 e. The molecule has 57 heavy (non-hydrogen) atoms. The SMILES string of the molecule is O=C1C2CCCC3O[C@@H]4O[C@H](CO)[C@@H](O)[C@](O)(C[C@]56CCC[C@H]5CCC5C[NH2+]C(CC56)NCSSC[C@@]5(C(=O)C32)C(O)=CC(CC2CCCC(CO)C2)=C[C@@H]15)[C@H]4O. The first-order chi connectivity index (χ1) is 27.5. The van der Waals surface area contributed by atoms with Crippen molar-refractivity contribution in [2.75, 3.05) is 31.4 Å². The Kier molecular flexibility index (Phi) is 11.8. The fourth-order valence-corrected chi connectivity index (χ4v) is 16.4. The lowest BCUT2D eigenvalue weighted by Gasteiger charge is -2.58. The lowest BCUT2D eigenvalue weighted by molar-refractivity contribution is -0.713. The molecular formula is C43H65N2O10S2+. The van der Waals surface area contributed by atoms with E-state index in [2.05, 4.69) is 10.6 Å². The summed E-state index contributed by atoms with van der Waals surface area (Å²) in [6.45, 7) is 0.519. The molecule has 6 aliphatic carbocycles. The Labute approximate surface area is 344 Å². The Bertz CT molecular complexity index is 1600. The average Bonchev–Trinajstić information content (AvgIpc) is 3.64. The van der Waals surface area contributed by atoms with E-state index in [0.29, 0.717) is 49.3 Å². The summed E-state index contributed by atoms with van der Waals surface area (Å²) < 4.78 is 12.8. The highest BCUT2D eigenvalue weighted by atomic mass is 33.1. The van der Waals surface area contributed by atoms with Gasteiger partial charge in [-0.05, 0) is 105 Å². The monoisotopic (exact) mass is 833 g/mol. The van der Waals surface area contributed by atoms with Crippen LogP contribution in [0.5, 0.6) is 0 Å². The van der Waals surface area contributed by atoms with Gasteiger partial charge < -0.3 is 45.4 Å². The average molecular weight is 834 g/mol. The molecule has 9 N–H and O–H groups in total. The van der Waals surface area contributed by atoms with Crippen LogP contribution in [-0.4, -0.2) is 116 Å². The van der Waals surface area contributed by atoms with Crippen molar-refractivity contribution < 1.29 is 55.0 Å². The number of nitrogens with one attached hydrogen (secondary N) is 1. The van der Waals surface area contributed by atoms with Crippen LogP contribution >= 0.6 is 21.6 Å². The topological polar surface area (TPSA) is 203 Å². The lowest BCUT2D eigenvalue weighted by atomic mass is 9.51. The van der Waals surface area contributed by atoms with E-state index in [1.807, 2.05) is 6.08 Å². The molecule has 0 aromatic carbocycles. The Morgan fingerprint density at radius 1 is 0.912 bits per heavy atom. The van der Waals surface area contributed by atoms with Gasteiger partial charge in [-0.25, -0.2) is 0 Å².